The first-order chi connectivity index (χ1) is 8.83. The predicted molar refractivity (Wildman–Crippen MR) is 72.4 cm³/mol. The van der Waals surface area contributed by atoms with Crippen molar-refractivity contribution in [1.29, 1.82) is 0 Å². The van der Waals surface area contributed by atoms with Gasteiger partial charge in [0, 0.05) is 32.1 Å². The van der Waals surface area contributed by atoms with Crippen molar-refractivity contribution < 1.29 is 4.79 Å². The van der Waals surface area contributed by atoms with Crippen LogP contribution in [0, 0.1) is 5.92 Å². The Hall–Kier alpha value is -0.570. The molecular weight excluding hydrogens is 224 g/mol. The Morgan fingerprint density at radius 1 is 1.00 bits per heavy atom. The second-order valence-corrected chi connectivity index (χ2v) is 6.36. The average molecular weight is 250 g/mol. The largest absolute Gasteiger partial charge is 0.340 e. The van der Waals surface area contributed by atoms with Crippen LogP contribution in [-0.4, -0.2) is 47.9 Å². The molecule has 18 heavy (non-hydrogen) atoms. The second kappa shape index (κ2) is 5.60. The standard InChI is InChI=1S/C15H26N2O/c18-15(8-7-13-4-1-2-5-13)17-11-10-16-9-3-6-14(16)12-17/h13-14H,1-12H2. The van der Waals surface area contributed by atoms with Crippen molar-refractivity contribution in [1.82, 2.24) is 9.80 Å². The van der Waals surface area contributed by atoms with Gasteiger partial charge in [-0.2, -0.15) is 0 Å². The van der Waals surface area contributed by atoms with Gasteiger partial charge in [-0.05, 0) is 31.7 Å². The van der Waals surface area contributed by atoms with Crippen LogP contribution < -0.4 is 0 Å². The fourth-order valence-electron chi connectivity index (χ4n) is 4.00. The van der Waals surface area contributed by atoms with E-state index in [1.807, 2.05) is 0 Å². The van der Waals surface area contributed by atoms with Crippen LogP contribution in [-0.2, 0) is 4.79 Å². The topological polar surface area (TPSA) is 23.6 Å². The van der Waals surface area contributed by atoms with E-state index in [0.29, 0.717) is 11.9 Å². The van der Waals surface area contributed by atoms with Crippen LogP contribution in [0.25, 0.3) is 0 Å². The molecule has 0 N–H and O–H groups in total. The maximum absolute atomic E-state index is 12.3. The molecule has 0 bridgehead atoms. The lowest BCUT2D eigenvalue weighted by molar-refractivity contribution is -0.134. The van der Waals surface area contributed by atoms with Crippen LogP contribution in [0.5, 0.6) is 0 Å². The first kappa shape index (κ1) is 12.5. The van der Waals surface area contributed by atoms with Crippen molar-refractivity contribution in [2.75, 3.05) is 26.2 Å². The summed E-state index contributed by atoms with van der Waals surface area (Å²) >= 11 is 0. The summed E-state index contributed by atoms with van der Waals surface area (Å²) < 4.78 is 0. The van der Waals surface area contributed by atoms with Gasteiger partial charge in [0.15, 0.2) is 0 Å². The third-order valence-electron chi connectivity index (χ3n) is 5.18. The SMILES string of the molecule is O=C(CCC1CCCC1)N1CCN2CCCC2C1. The lowest BCUT2D eigenvalue weighted by Gasteiger charge is -2.37. The van der Waals surface area contributed by atoms with E-state index in [2.05, 4.69) is 9.80 Å². The van der Waals surface area contributed by atoms with Gasteiger partial charge in [0.2, 0.25) is 5.91 Å². The summed E-state index contributed by atoms with van der Waals surface area (Å²) in [4.78, 5) is 17.0. The minimum atomic E-state index is 0.424. The second-order valence-electron chi connectivity index (χ2n) is 6.36. The first-order valence-electron chi connectivity index (χ1n) is 7.85. The lowest BCUT2D eigenvalue weighted by atomic mass is 10.0. The maximum atomic E-state index is 12.3. The van der Waals surface area contributed by atoms with Gasteiger partial charge in [-0.15, -0.1) is 0 Å². The average Bonchev–Trinajstić information content (AvgIpc) is 3.05. The number of hydrogen-bond donors (Lipinski definition) is 0. The number of hydrogen-bond acceptors (Lipinski definition) is 2. The third-order valence-corrected chi connectivity index (χ3v) is 5.18. The van der Waals surface area contributed by atoms with E-state index in [9.17, 15) is 4.79 Å². The summed E-state index contributed by atoms with van der Waals surface area (Å²) in [5, 5.41) is 0. The fourth-order valence-corrected chi connectivity index (χ4v) is 4.00. The minimum Gasteiger partial charge on any atom is -0.340 e. The van der Waals surface area contributed by atoms with Crippen molar-refractivity contribution in [2.24, 2.45) is 5.92 Å². The van der Waals surface area contributed by atoms with Gasteiger partial charge < -0.3 is 4.90 Å². The van der Waals surface area contributed by atoms with Crippen LogP contribution in [0.4, 0.5) is 0 Å². The number of rotatable bonds is 3. The number of fused-ring (bicyclic) bond motifs is 1. The molecule has 1 amide bonds. The van der Waals surface area contributed by atoms with Crippen LogP contribution in [0.3, 0.4) is 0 Å². The summed E-state index contributed by atoms with van der Waals surface area (Å²) in [6.45, 7) is 4.35. The van der Waals surface area contributed by atoms with Gasteiger partial charge in [0.1, 0.15) is 0 Å². The van der Waals surface area contributed by atoms with E-state index in [1.165, 1.54) is 45.1 Å². The van der Waals surface area contributed by atoms with Crippen molar-refractivity contribution in [3.63, 3.8) is 0 Å². The van der Waals surface area contributed by atoms with Crippen LogP contribution >= 0.6 is 0 Å². The molecule has 2 saturated heterocycles. The van der Waals surface area contributed by atoms with E-state index in [1.54, 1.807) is 0 Å². The first-order valence-corrected chi connectivity index (χ1v) is 7.85. The molecule has 2 aliphatic heterocycles. The predicted octanol–water partition coefficient (Wildman–Crippen LogP) is 2.26. The molecule has 1 unspecified atom stereocenters. The summed E-state index contributed by atoms with van der Waals surface area (Å²) in [7, 11) is 0. The zero-order valence-corrected chi connectivity index (χ0v) is 11.4. The van der Waals surface area contributed by atoms with Gasteiger partial charge in [-0.3, -0.25) is 9.69 Å². The summed E-state index contributed by atoms with van der Waals surface area (Å²) in [5.74, 6) is 1.27. The zero-order chi connectivity index (χ0) is 12.4. The van der Waals surface area contributed by atoms with Gasteiger partial charge in [-0.25, -0.2) is 0 Å². The molecule has 1 atom stereocenters. The van der Waals surface area contributed by atoms with E-state index in [4.69, 9.17) is 0 Å². The molecule has 3 nitrogen and oxygen atoms in total. The lowest BCUT2D eigenvalue weighted by Crippen LogP contribution is -2.52. The molecule has 0 spiro atoms. The zero-order valence-electron chi connectivity index (χ0n) is 11.4. The van der Waals surface area contributed by atoms with Gasteiger partial charge in [0.25, 0.3) is 0 Å². The van der Waals surface area contributed by atoms with E-state index in [0.717, 1.165) is 38.4 Å². The van der Waals surface area contributed by atoms with Crippen molar-refractivity contribution >= 4 is 5.91 Å². The Morgan fingerprint density at radius 2 is 1.83 bits per heavy atom. The number of carbonyl (C=O) groups excluding carboxylic acids is 1. The monoisotopic (exact) mass is 250 g/mol. The number of nitrogens with zero attached hydrogens (tertiary/aromatic N) is 2. The number of amides is 1. The van der Waals surface area contributed by atoms with E-state index < -0.39 is 0 Å². The van der Waals surface area contributed by atoms with Crippen molar-refractivity contribution in [3.8, 4) is 0 Å². The Kier molecular flexibility index (Phi) is 3.88. The summed E-state index contributed by atoms with van der Waals surface area (Å²) in [6.07, 6.45) is 10.1. The van der Waals surface area contributed by atoms with E-state index in [-0.39, 0.29) is 0 Å². The van der Waals surface area contributed by atoms with Crippen molar-refractivity contribution in [2.45, 2.75) is 57.4 Å². The smallest absolute Gasteiger partial charge is 0.222 e. The Bertz CT molecular complexity index is 299. The molecule has 0 radical (unpaired) electrons. The number of piperazine rings is 1. The van der Waals surface area contributed by atoms with Crippen LogP contribution in [0.15, 0.2) is 0 Å². The highest BCUT2D eigenvalue weighted by Gasteiger charge is 2.32. The van der Waals surface area contributed by atoms with Crippen LogP contribution in [0.2, 0.25) is 0 Å². The maximum Gasteiger partial charge on any atom is 0.222 e. The van der Waals surface area contributed by atoms with Gasteiger partial charge in [-0.1, -0.05) is 25.7 Å². The fraction of sp³-hybridized carbons (Fsp3) is 0.933. The molecule has 1 aliphatic carbocycles. The van der Waals surface area contributed by atoms with Gasteiger partial charge >= 0.3 is 0 Å². The number of carbonyl (C=O) groups is 1. The minimum absolute atomic E-state index is 0.424. The molecule has 3 heteroatoms. The molecule has 3 rings (SSSR count). The molecule has 3 aliphatic rings. The Balaban J connectivity index is 1.44. The molecule has 2 heterocycles. The van der Waals surface area contributed by atoms with E-state index >= 15 is 0 Å². The quantitative estimate of drug-likeness (QED) is 0.767. The molecule has 0 aromatic carbocycles. The molecule has 102 valence electrons. The highest BCUT2D eigenvalue weighted by Crippen LogP contribution is 2.29. The third kappa shape index (κ3) is 2.71. The molecule has 0 aromatic heterocycles. The highest BCUT2D eigenvalue weighted by atomic mass is 16.2. The van der Waals surface area contributed by atoms with Crippen molar-refractivity contribution in [3.05, 3.63) is 0 Å². The highest BCUT2D eigenvalue weighted by molar-refractivity contribution is 5.76. The Labute approximate surface area is 111 Å². The Morgan fingerprint density at radius 3 is 2.67 bits per heavy atom. The molecule has 3 fully saturated rings. The van der Waals surface area contributed by atoms with Crippen LogP contribution in [0.1, 0.15) is 51.4 Å². The van der Waals surface area contributed by atoms with Gasteiger partial charge in [0.05, 0.1) is 0 Å². The molecular formula is C15H26N2O. The normalized spacial score (nSPS) is 29.8. The summed E-state index contributed by atoms with van der Waals surface area (Å²) in [5.41, 5.74) is 0. The summed E-state index contributed by atoms with van der Waals surface area (Å²) in [6, 6.07) is 0.675. The molecule has 0 aromatic rings. The molecule has 1 saturated carbocycles.